The summed E-state index contributed by atoms with van der Waals surface area (Å²) in [5.74, 6) is 1.52. The summed E-state index contributed by atoms with van der Waals surface area (Å²) in [5.41, 5.74) is 2.24. The molecule has 0 bridgehead atoms. The maximum absolute atomic E-state index is 12.0. The summed E-state index contributed by atoms with van der Waals surface area (Å²) in [6.45, 7) is 7.83. The molecule has 9 nitrogen and oxygen atoms in total. The van der Waals surface area contributed by atoms with Gasteiger partial charge in [0.05, 0.1) is 10.5 Å². The van der Waals surface area contributed by atoms with Crippen LogP contribution in [0.4, 0.5) is 16.3 Å². The SMILES string of the molecule is CC(=O)c1cccc(Oc2ccc(Nc3ncnc4ccn(CCNC(=O)OC(C)(C)C)c34)cc2Cl)c1. The molecule has 37 heavy (non-hydrogen) atoms. The molecule has 10 heteroatoms. The first kappa shape index (κ1) is 26.0. The Kier molecular flexibility index (Phi) is 7.63. The number of rotatable bonds is 8. The van der Waals surface area contributed by atoms with E-state index in [4.69, 9.17) is 21.1 Å². The molecule has 4 aromatic rings. The van der Waals surface area contributed by atoms with Crippen molar-refractivity contribution in [2.24, 2.45) is 0 Å². The average molecular weight is 522 g/mol. The number of nitrogens with zero attached hydrogens (tertiary/aromatic N) is 3. The number of aromatic nitrogens is 3. The maximum atomic E-state index is 12.0. The van der Waals surface area contributed by atoms with E-state index in [2.05, 4.69) is 20.6 Å². The fourth-order valence-electron chi connectivity index (χ4n) is 3.61. The minimum absolute atomic E-state index is 0.0439. The maximum Gasteiger partial charge on any atom is 0.407 e. The number of amides is 1. The van der Waals surface area contributed by atoms with Gasteiger partial charge < -0.3 is 24.7 Å². The third-order valence-corrected chi connectivity index (χ3v) is 5.53. The molecule has 0 aliphatic heterocycles. The number of hydrogen-bond donors (Lipinski definition) is 2. The van der Waals surface area contributed by atoms with Crippen LogP contribution in [0.25, 0.3) is 11.0 Å². The lowest BCUT2D eigenvalue weighted by atomic mass is 10.1. The van der Waals surface area contributed by atoms with Crippen molar-refractivity contribution in [2.45, 2.75) is 39.8 Å². The first-order valence-corrected chi connectivity index (χ1v) is 12.1. The number of hydrogen-bond acceptors (Lipinski definition) is 7. The second kappa shape index (κ2) is 10.9. The fraction of sp³-hybridized carbons (Fsp3) is 0.259. The van der Waals surface area contributed by atoms with Gasteiger partial charge in [-0.25, -0.2) is 14.8 Å². The summed E-state index contributed by atoms with van der Waals surface area (Å²) in [6, 6.07) is 14.1. The topological polar surface area (TPSA) is 107 Å². The van der Waals surface area contributed by atoms with Crippen LogP contribution in [0.1, 0.15) is 38.1 Å². The minimum atomic E-state index is -0.560. The number of ether oxygens (including phenoxy) is 2. The highest BCUT2D eigenvalue weighted by atomic mass is 35.5. The Balaban J connectivity index is 1.48. The van der Waals surface area contributed by atoms with E-state index in [1.807, 2.05) is 43.7 Å². The molecule has 0 spiro atoms. The van der Waals surface area contributed by atoms with Crippen LogP contribution in [0.2, 0.25) is 5.02 Å². The molecule has 0 radical (unpaired) electrons. The molecule has 0 unspecified atom stereocenters. The van der Waals surface area contributed by atoms with Crippen LogP contribution in [-0.4, -0.2) is 38.6 Å². The van der Waals surface area contributed by atoms with Crippen LogP contribution in [-0.2, 0) is 11.3 Å². The lowest BCUT2D eigenvalue weighted by molar-refractivity contribution is 0.0526. The van der Waals surface area contributed by atoms with E-state index in [-0.39, 0.29) is 5.78 Å². The molecule has 0 saturated heterocycles. The minimum Gasteiger partial charge on any atom is -0.456 e. The first-order chi connectivity index (χ1) is 17.6. The smallest absolute Gasteiger partial charge is 0.407 e. The number of ketones is 1. The lowest BCUT2D eigenvalue weighted by Gasteiger charge is -2.19. The molecule has 192 valence electrons. The van der Waals surface area contributed by atoms with Gasteiger partial charge >= 0.3 is 6.09 Å². The number of nitrogens with one attached hydrogen (secondary N) is 2. The molecule has 0 saturated carbocycles. The van der Waals surface area contributed by atoms with Crippen molar-refractivity contribution in [1.29, 1.82) is 0 Å². The Bertz CT molecular complexity index is 1440. The monoisotopic (exact) mass is 521 g/mol. The second-order valence-corrected chi connectivity index (χ2v) is 9.76. The van der Waals surface area contributed by atoms with Crippen molar-refractivity contribution < 1.29 is 19.1 Å². The summed E-state index contributed by atoms with van der Waals surface area (Å²) in [5, 5.41) is 6.44. The number of Topliss-reactive ketones (excluding diaryl/α,β-unsaturated/α-hetero) is 1. The molecule has 2 aromatic heterocycles. The summed E-state index contributed by atoms with van der Waals surface area (Å²) >= 11 is 6.50. The first-order valence-electron chi connectivity index (χ1n) is 11.7. The zero-order valence-corrected chi connectivity index (χ0v) is 21.8. The van der Waals surface area contributed by atoms with Crippen LogP contribution >= 0.6 is 11.6 Å². The van der Waals surface area contributed by atoms with Gasteiger partial charge in [0.2, 0.25) is 0 Å². The van der Waals surface area contributed by atoms with Gasteiger partial charge in [-0.15, -0.1) is 0 Å². The molecule has 1 amide bonds. The van der Waals surface area contributed by atoms with Crippen LogP contribution < -0.4 is 15.4 Å². The number of carbonyl (C=O) groups excluding carboxylic acids is 2. The number of alkyl carbamates (subject to hydrolysis) is 1. The summed E-state index contributed by atoms with van der Waals surface area (Å²) in [6.07, 6.45) is 2.90. The molecule has 0 aliphatic carbocycles. The van der Waals surface area contributed by atoms with E-state index in [0.717, 1.165) is 11.0 Å². The molecule has 0 atom stereocenters. The highest BCUT2D eigenvalue weighted by Crippen LogP contribution is 2.33. The molecular weight excluding hydrogens is 494 g/mol. The lowest BCUT2D eigenvalue weighted by Crippen LogP contribution is -2.34. The number of carbonyl (C=O) groups is 2. The fourth-order valence-corrected chi connectivity index (χ4v) is 3.83. The van der Waals surface area contributed by atoms with E-state index >= 15 is 0 Å². The van der Waals surface area contributed by atoms with Gasteiger partial charge in [-0.05, 0) is 64.1 Å². The predicted octanol–water partition coefficient (Wildman–Crippen LogP) is 6.35. The third-order valence-electron chi connectivity index (χ3n) is 5.23. The van der Waals surface area contributed by atoms with Gasteiger partial charge in [-0.1, -0.05) is 23.7 Å². The van der Waals surface area contributed by atoms with E-state index in [0.29, 0.717) is 46.7 Å². The normalized spacial score (nSPS) is 11.3. The number of anilines is 2. The van der Waals surface area contributed by atoms with E-state index in [9.17, 15) is 9.59 Å². The second-order valence-electron chi connectivity index (χ2n) is 9.35. The average Bonchev–Trinajstić information content (AvgIpc) is 3.24. The number of benzene rings is 2. The molecule has 0 fully saturated rings. The molecule has 2 aromatic carbocycles. The van der Waals surface area contributed by atoms with Crippen LogP contribution in [0.5, 0.6) is 11.5 Å². The molecule has 4 rings (SSSR count). The number of fused-ring (bicyclic) bond motifs is 1. The van der Waals surface area contributed by atoms with Gasteiger partial charge in [-0.3, -0.25) is 4.79 Å². The van der Waals surface area contributed by atoms with E-state index < -0.39 is 11.7 Å². The molecular formula is C27H28ClN5O4. The van der Waals surface area contributed by atoms with E-state index in [1.54, 1.807) is 36.4 Å². The Morgan fingerprint density at radius 1 is 1.08 bits per heavy atom. The van der Waals surface area contributed by atoms with Gasteiger partial charge in [0.15, 0.2) is 11.6 Å². The highest BCUT2D eigenvalue weighted by molar-refractivity contribution is 6.32. The number of halogens is 1. The Morgan fingerprint density at radius 3 is 2.62 bits per heavy atom. The van der Waals surface area contributed by atoms with Crippen LogP contribution in [0, 0.1) is 0 Å². The Labute approximate surface area is 219 Å². The quantitative estimate of drug-likeness (QED) is 0.260. The molecule has 2 heterocycles. The van der Waals surface area contributed by atoms with Gasteiger partial charge in [0, 0.05) is 30.5 Å². The van der Waals surface area contributed by atoms with Crippen molar-refractivity contribution in [1.82, 2.24) is 19.9 Å². The summed E-state index contributed by atoms with van der Waals surface area (Å²) in [7, 11) is 0. The molecule has 0 aliphatic rings. The largest absolute Gasteiger partial charge is 0.456 e. The molecule has 2 N–H and O–H groups in total. The highest BCUT2D eigenvalue weighted by Gasteiger charge is 2.16. The van der Waals surface area contributed by atoms with Crippen molar-refractivity contribution in [3.05, 3.63) is 71.6 Å². The van der Waals surface area contributed by atoms with Crippen molar-refractivity contribution in [2.75, 3.05) is 11.9 Å². The van der Waals surface area contributed by atoms with E-state index in [1.165, 1.54) is 13.3 Å². The zero-order chi connectivity index (χ0) is 26.6. The third kappa shape index (κ3) is 6.77. The Hall–Kier alpha value is -4.11. The van der Waals surface area contributed by atoms with Crippen molar-refractivity contribution >= 4 is 46.0 Å². The van der Waals surface area contributed by atoms with Crippen LogP contribution in [0.3, 0.4) is 0 Å². The van der Waals surface area contributed by atoms with Crippen LogP contribution in [0.15, 0.2) is 61.1 Å². The van der Waals surface area contributed by atoms with Gasteiger partial charge in [0.1, 0.15) is 28.9 Å². The summed E-state index contributed by atoms with van der Waals surface area (Å²) in [4.78, 5) is 32.4. The summed E-state index contributed by atoms with van der Waals surface area (Å²) < 4.78 is 13.1. The predicted molar refractivity (Wildman–Crippen MR) is 143 cm³/mol. The van der Waals surface area contributed by atoms with Crippen molar-refractivity contribution in [3.63, 3.8) is 0 Å². The zero-order valence-electron chi connectivity index (χ0n) is 21.0. The Morgan fingerprint density at radius 2 is 1.89 bits per heavy atom. The standard InChI is InChI=1S/C27H28ClN5O4/c1-17(34)18-6-5-7-20(14-18)36-23-9-8-19(15-21(23)28)32-25-24-22(30-16-31-25)10-12-33(24)13-11-29-26(35)37-27(2,3)4/h5-10,12,14-16H,11,13H2,1-4H3,(H,29,35)(H,30,31,32). The van der Waals surface area contributed by atoms with Gasteiger partial charge in [0.25, 0.3) is 0 Å². The van der Waals surface area contributed by atoms with Gasteiger partial charge in [-0.2, -0.15) is 0 Å². The van der Waals surface area contributed by atoms with Crippen molar-refractivity contribution in [3.8, 4) is 11.5 Å².